The zero-order chi connectivity index (χ0) is 17.4. The Hall–Kier alpha value is -1.69. The molecule has 0 saturated carbocycles. The third-order valence-electron chi connectivity index (χ3n) is 5.56. The zero-order valence-corrected chi connectivity index (χ0v) is 15.5. The lowest BCUT2D eigenvalue weighted by Gasteiger charge is -2.21. The van der Waals surface area contributed by atoms with Crippen LogP contribution in [0, 0.1) is 5.92 Å². The van der Waals surface area contributed by atoms with E-state index in [4.69, 9.17) is 0 Å². The van der Waals surface area contributed by atoms with Gasteiger partial charge in [-0.1, -0.05) is 31.2 Å². The van der Waals surface area contributed by atoms with Crippen LogP contribution < -0.4 is 16.2 Å². The molecule has 0 spiro atoms. The predicted octanol–water partition coefficient (Wildman–Crippen LogP) is 3.27. The van der Waals surface area contributed by atoms with Crippen molar-refractivity contribution in [3.8, 4) is 0 Å². The monoisotopic (exact) mass is 355 g/mol. The highest BCUT2D eigenvalue weighted by Crippen LogP contribution is 2.31. The van der Waals surface area contributed by atoms with Gasteiger partial charge in [0.25, 0.3) is 0 Å². The van der Waals surface area contributed by atoms with E-state index in [0.29, 0.717) is 0 Å². The van der Waals surface area contributed by atoms with Crippen molar-refractivity contribution in [2.24, 2.45) is 5.92 Å². The minimum atomic E-state index is -0.219. The van der Waals surface area contributed by atoms with E-state index in [2.05, 4.69) is 65.7 Å². The summed E-state index contributed by atoms with van der Waals surface area (Å²) in [5, 5.41) is 5.26. The molecule has 25 heavy (non-hydrogen) atoms. The van der Waals surface area contributed by atoms with Gasteiger partial charge in [-0.05, 0) is 54.3 Å². The molecule has 1 aliphatic heterocycles. The molecule has 3 N–H and O–H groups in total. The maximum atomic E-state index is 12.8. The first-order chi connectivity index (χ1) is 12.1. The fourth-order valence-corrected chi connectivity index (χ4v) is 4.88. The molecule has 132 valence electrons. The Bertz CT molecular complexity index is 758. The number of nitrogens with one attached hydrogen (secondary N) is 3. The Morgan fingerprint density at radius 1 is 1.24 bits per heavy atom. The molecule has 1 saturated heterocycles. The van der Waals surface area contributed by atoms with Crippen molar-refractivity contribution >= 4 is 17.2 Å². The summed E-state index contributed by atoms with van der Waals surface area (Å²) >= 11 is 1.73. The second-order valence-corrected chi connectivity index (χ2v) is 8.21. The Morgan fingerprint density at radius 2 is 2.08 bits per heavy atom. The largest absolute Gasteiger partial charge is 0.348 e. The first-order valence-corrected chi connectivity index (χ1v) is 9.98. The second-order valence-electron chi connectivity index (χ2n) is 7.23. The topological polar surface area (TPSA) is 53.2 Å². The van der Waals surface area contributed by atoms with E-state index in [9.17, 15) is 4.79 Å². The van der Waals surface area contributed by atoms with E-state index in [1.807, 2.05) is 0 Å². The van der Waals surface area contributed by atoms with Crippen LogP contribution in [0.5, 0.6) is 0 Å². The average molecular weight is 356 g/mol. The van der Waals surface area contributed by atoms with Gasteiger partial charge in [0.05, 0.1) is 12.1 Å². The van der Waals surface area contributed by atoms with E-state index in [1.165, 1.54) is 34.4 Å². The van der Waals surface area contributed by atoms with Crippen LogP contribution in [0.1, 0.15) is 53.9 Å². The molecule has 1 amide bonds. The highest BCUT2D eigenvalue weighted by Gasteiger charge is 2.38. The summed E-state index contributed by atoms with van der Waals surface area (Å²) in [4.78, 5) is 14.0. The number of hydrogen-bond acceptors (Lipinski definition) is 4. The molecule has 2 heterocycles. The van der Waals surface area contributed by atoms with Crippen LogP contribution in [0.15, 0.2) is 35.7 Å². The van der Waals surface area contributed by atoms with Crippen LogP contribution in [0.3, 0.4) is 0 Å². The first-order valence-electron chi connectivity index (χ1n) is 9.10. The van der Waals surface area contributed by atoms with Crippen LogP contribution in [0.2, 0.25) is 0 Å². The standard InChI is InChI=1S/C20H25N3OS/c1-12-18(17-7-4-10-25-17)22-23-19(12)20(24)21-13(2)15-9-8-14-5-3-6-16(14)11-15/h4,7-13,18-19,22-23H,3,5-6H2,1-2H3,(H,21,24). The molecule has 4 unspecified atom stereocenters. The SMILES string of the molecule is CC(NC(=O)C1NNC(c2cccs2)C1C)c1ccc2c(c1)CCC2. The summed E-state index contributed by atoms with van der Waals surface area (Å²) in [6.45, 7) is 4.19. The molecule has 1 aromatic carbocycles. The fraction of sp³-hybridized carbons (Fsp3) is 0.450. The van der Waals surface area contributed by atoms with Crippen molar-refractivity contribution in [3.05, 3.63) is 57.3 Å². The molecule has 4 atom stereocenters. The van der Waals surface area contributed by atoms with Gasteiger partial charge in [-0.25, -0.2) is 10.9 Å². The average Bonchev–Trinajstić information content (AvgIpc) is 3.34. The van der Waals surface area contributed by atoms with Gasteiger partial charge in [-0.3, -0.25) is 4.79 Å². The number of benzene rings is 1. The number of hydrazine groups is 1. The van der Waals surface area contributed by atoms with Crippen LogP contribution in [-0.2, 0) is 17.6 Å². The van der Waals surface area contributed by atoms with Crippen LogP contribution in [0.4, 0.5) is 0 Å². The number of rotatable bonds is 4. The molecule has 4 nitrogen and oxygen atoms in total. The number of aryl methyl sites for hydroxylation is 2. The van der Waals surface area contributed by atoms with Crippen molar-refractivity contribution in [1.82, 2.24) is 16.2 Å². The van der Waals surface area contributed by atoms with Gasteiger partial charge in [0.15, 0.2) is 0 Å². The van der Waals surface area contributed by atoms with Crippen LogP contribution >= 0.6 is 11.3 Å². The Balaban J connectivity index is 1.41. The number of amides is 1. The quantitative estimate of drug-likeness (QED) is 0.789. The predicted molar refractivity (Wildman–Crippen MR) is 101 cm³/mol. The Labute approximate surface area is 153 Å². The number of carbonyl (C=O) groups excluding carboxylic acids is 1. The van der Waals surface area contributed by atoms with E-state index < -0.39 is 0 Å². The number of hydrogen-bond donors (Lipinski definition) is 3. The van der Waals surface area contributed by atoms with E-state index in [0.717, 1.165) is 6.42 Å². The van der Waals surface area contributed by atoms with Crippen molar-refractivity contribution in [1.29, 1.82) is 0 Å². The van der Waals surface area contributed by atoms with Gasteiger partial charge in [0.1, 0.15) is 6.04 Å². The zero-order valence-electron chi connectivity index (χ0n) is 14.7. The Morgan fingerprint density at radius 3 is 2.88 bits per heavy atom. The highest BCUT2D eigenvalue weighted by atomic mass is 32.1. The van der Waals surface area contributed by atoms with E-state index in [-0.39, 0.29) is 30.0 Å². The number of thiophene rings is 1. The second kappa shape index (κ2) is 6.90. The lowest BCUT2D eigenvalue weighted by atomic mass is 9.94. The van der Waals surface area contributed by atoms with Gasteiger partial charge in [-0.15, -0.1) is 11.3 Å². The third-order valence-corrected chi connectivity index (χ3v) is 6.51. The van der Waals surface area contributed by atoms with Crippen molar-refractivity contribution in [2.45, 2.75) is 51.2 Å². The van der Waals surface area contributed by atoms with Gasteiger partial charge in [-0.2, -0.15) is 0 Å². The van der Waals surface area contributed by atoms with Crippen molar-refractivity contribution < 1.29 is 4.79 Å². The normalized spacial score (nSPS) is 26.4. The molecule has 4 rings (SSSR count). The smallest absolute Gasteiger partial charge is 0.239 e. The third kappa shape index (κ3) is 3.24. The van der Waals surface area contributed by atoms with Crippen LogP contribution in [-0.4, -0.2) is 11.9 Å². The van der Waals surface area contributed by atoms with Crippen molar-refractivity contribution in [3.63, 3.8) is 0 Å². The summed E-state index contributed by atoms with van der Waals surface area (Å²) in [6, 6.07) is 10.8. The molecule has 2 aliphatic rings. The molecule has 1 aliphatic carbocycles. The van der Waals surface area contributed by atoms with Crippen molar-refractivity contribution in [2.75, 3.05) is 0 Å². The molecule has 1 fully saturated rings. The summed E-state index contributed by atoms with van der Waals surface area (Å²) < 4.78 is 0. The first kappa shape index (κ1) is 16.8. The Kier molecular flexibility index (Phi) is 4.63. The number of carbonyl (C=O) groups is 1. The van der Waals surface area contributed by atoms with E-state index in [1.54, 1.807) is 11.3 Å². The van der Waals surface area contributed by atoms with E-state index >= 15 is 0 Å². The van der Waals surface area contributed by atoms with Gasteiger partial charge < -0.3 is 5.32 Å². The molecule has 1 aromatic heterocycles. The fourth-order valence-electron chi connectivity index (χ4n) is 3.99. The molecule has 0 radical (unpaired) electrons. The van der Waals surface area contributed by atoms with Gasteiger partial charge >= 0.3 is 0 Å². The van der Waals surface area contributed by atoms with Gasteiger partial charge in [0, 0.05) is 10.8 Å². The molecule has 0 bridgehead atoms. The summed E-state index contributed by atoms with van der Waals surface area (Å²) in [6.07, 6.45) is 3.60. The highest BCUT2D eigenvalue weighted by molar-refractivity contribution is 7.10. The minimum absolute atomic E-state index is 0.0215. The molecular weight excluding hydrogens is 330 g/mol. The lowest BCUT2D eigenvalue weighted by Crippen LogP contribution is -2.45. The summed E-state index contributed by atoms with van der Waals surface area (Å²) in [5.41, 5.74) is 10.6. The minimum Gasteiger partial charge on any atom is -0.348 e. The number of fused-ring (bicyclic) bond motifs is 1. The molecule has 2 aromatic rings. The maximum absolute atomic E-state index is 12.8. The lowest BCUT2D eigenvalue weighted by molar-refractivity contribution is -0.124. The summed E-state index contributed by atoms with van der Waals surface area (Å²) in [7, 11) is 0. The van der Waals surface area contributed by atoms with Gasteiger partial charge in [0.2, 0.25) is 5.91 Å². The summed E-state index contributed by atoms with van der Waals surface area (Å²) in [5.74, 6) is 0.262. The molecule has 5 heteroatoms. The maximum Gasteiger partial charge on any atom is 0.239 e. The van der Waals surface area contributed by atoms with Crippen LogP contribution in [0.25, 0.3) is 0 Å². The molecular formula is C20H25N3OS.